The number of hydrogen-bond acceptors (Lipinski definition) is 3. The van der Waals surface area contributed by atoms with E-state index in [1.54, 1.807) is 12.1 Å². The van der Waals surface area contributed by atoms with Gasteiger partial charge in [0.05, 0.1) is 0 Å². The van der Waals surface area contributed by atoms with Crippen LogP contribution in [-0.4, -0.2) is 43.8 Å². The van der Waals surface area contributed by atoms with Crippen LogP contribution >= 0.6 is 15.9 Å². The van der Waals surface area contributed by atoms with E-state index in [9.17, 15) is 9.59 Å². The summed E-state index contributed by atoms with van der Waals surface area (Å²) in [6.45, 7) is 1.60. The van der Waals surface area contributed by atoms with Gasteiger partial charge in [0.15, 0.2) is 5.78 Å². The average Bonchev–Trinajstić information content (AvgIpc) is 2.41. The summed E-state index contributed by atoms with van der Waals surface area (Å²) in [5.74, 6) is -0.0600. The second-order valence-electron chi connectivity index (χ2n) is 4.94. The van der Waals surface area contributed by atoms with Crippen LogP contribution in [0.15, 0.2) is 28.7 Å². The van der Waals surface area contributed by atoms with Gasteiger partial charge in [-0.3, -0.25) is 9.59 Å². The molecule has 1 amide bonds. The molecule has 1 aromatic rings. The van der Waals surface area contributed by atoms with Gasteiger partial charge in [0.2, 0.25) is 5.91 Å². The minimum Gasteiger partial charge on any atom is -0.356 e. The molecular formula is C15H21BrN2O2. The first-order valence-electron chi connectivity index (χ1n) is 6.69. The van der Waals surface area contributed by atoms with Crippen LogP contribution in [0.3, 0.4) is 0 Å². The lowest BCUT2D eigenvalue weighted by atomic mass is 10.1. The fourth-order valence-electron chi connectivity index (χ4n) is 1.72. The van der Waals surface area contributed by atoms with Crippen molar-refractivity contribution in [3.63, 3.8) is 0 Å². The molecule has 0 atom stereocenters. The van der Waals surface area contributed by atoms with E-state index in [2.05, 4.69) is 26.1 Å². The van der Waals surface area contributed by atoms with Crippen LogP contribution < -0.4 is 5.32 Å². The predicted molar refractivity (Wildman–Crippen MR) is 83.9 cm³/mol. The summed E-state index contributed by atoms with van der Waals surface area (Å²) in [5, 5.41) is 2.83. The number of nitrogens with one attached hydrogen (secondary N) is 1. The molecule has 1 rings (SSSR count). The molecule has 0 bridgehead atoms. The Kier molecular flexibility index (Phi) is 7.47. The maximum absolute atomic E-state index is 11.9. The Morgan fingerprint density at radius 2 is 1.80 bits per heavy atom. The van der Waals surface area contributed by atoms with Crippen LogP contribution in [-0.2, 0) is 4.79 Å². The van der Waals surface area contributed by atoms with Crippen LogP contribution in [0.4, 0.5) is 0 Å². The highest BCUT2D eigenvalue weighted by Crippen LogP contribution is 2.12. The van der Waals surface area contributed by atoms with Gasteiger partial charge >= 0.3 is 0 Å². The van der Waals surface area contributed by atoms with Crippen molar-refractivity contribution in [2.24, 2.45) is 0 Å². The highest BCUT2D eigenvalue weighted by atomic mass is 79.9. The summed E-state index contributed by atoms with van der Waals surface area (Å²) in [5.41, 5.74) is 0.647. The minimum atomic E-state index is -0.0609. The number of rotatable bonds is 8. The minimum absolute atomic E-state index is 0.000872. The van der Waals surface area contributed by atoms with Gasteiger partial charge in [0.1, 0.15) is 0 Å². The molecule has 1 aromatic carbocycles. The van der Waals surface area contributed by atoms with Crippen molar-refractivity contribution < 1.29 is 9.59 Å². The number of Topliss-reactive ketones (excluding diaryl/α,β-unsaturated/α-hetero) is 1. The van der Waals surface area contributed by atoms with Crippen molar-refractivity contribution in [1.29, 1.82) is 0 Å². The molecule has 110 valence electrons. The lowest BCUT2D eigenvalue weighted by Gasteiger charge is -2.09. The number of carbonyl (C=O) groups excluding carboxylic acids is 2. The van der Waals surface area contributed by atoms with Crippen molar-refractivity contribution in [1.82, 2.24) is 10.2 Å². The molecule has 1 N–H and O–H groups in total. The molecule has 4 nitrogen and oxygen atoms in total. The molecule has 0 aromatic heterocycles. The molecule has 0 saturated carbocycles. The number of ketones is 1. The van der Waals surface area contributed by atoms with Crippen molar-refractivity contribution in [2.75, 3.05) is 27.2 Å². The molecular weight excluding hydrogens is 320 g/mol. The molecule has 0 spiro atoms. The van der Waals surface area contributed by atoms with Gasteiger partial charge in [-0.05, 0) is 39.2 Å². The highest BCUT2D eigenvalue weighted by molar-refractivity contribution is 9.10. The lowest BCUT2D eigenvalue weighted by molar-refractivity contribution is -0.121. The SMILES string of the molecule is CN(C)CCCNC(=O)CCC(=O)c1ccc(Br)cc1. The molecule has 0 aliphatic carbocycles. The van der Waals surface area contributed by atoms with Gasteiger partial charge in [0, 0.05) is 29.4 Å². The van der Waals surface area contributed by atoms with E-state index >= 15 is 0 Å². The van der Waals surface area contributed by atoms with E-state index in [0.29, 0.717) is 12.1 Å². The molecule has 0 fully saturated rings. The van der Waals surface area contributed by atoms with Crippen LogP contribution in [0, 0.1) is 0 Å². The van der Waals surface area contributed by atoms with Crippen molar-refractivity contribution in [3.05, 3.63) is 34.3 Å². The molecule has 20 heavy (non-hydrogen) atoms. The largest absolute Gasteiger partial charge is 0.356 e. The first kappa shape index (κ1) is 16.9. The molecule has 0 heterocycles. The molecule has 0 unspecified atom stereocenters. The summed E-state index contributed by atoms with van der Waals surface area (Å²) in [6.07, 6.45) is 1.41. The summed E-state index contributed by atoms with van der Waals surface area (Å²) in [6, 6.07) is 7.19. The first-order valence-corrected chi connectivity index (χ1v) is 7.48. The van der Waals surface area contributed by atoms with Crippen LogP contribution in [0.1, 0.15) is 29.6 Å². The fourth-order valence-corrected chi connectivity index (χ4v) is 1.98. The predicted octanol–water partition coefficient (Wildman–Crippen LogP) is 2.48. The fraction of sp³-hybridized carbons (Fsp3) is 0.467. The second-order valence-corrected chi connectivity index (χ2v) is 5.85. The van der Waals surface area contributed by atoms with E-state index in [1.807, 2.05) is 26.2 Å². The Morgan fingerprint density at radius 1 is 1.15 bits per heavy atom. The number of amides is 1. The maximum Gasteiger partial charge on any atom is 0.220 e. The zero-order chi connectivity index (χ0) is 15.0. The Bertz CT molecular complexity index is 444. The first-order chi connectivity index (χ1) is 9.49. The standard InChI is InChI=1S/C15H21BrN2O2/c1-18(2)11-3-10-17-15(20)9-8-14(19)12-4-6-13(16)7-5-12/h4-7H,3,8-11H2,1-2H3,(H,17,20). The summed E-state index contributed by atoms with van der Waals surface area (Å²) in [7, 11) is 4.00. The quantitative estimate of drug-likeness (QED) is 0.584. The van der Waals surface area contributed by atoms with Crippen molar-refractivity contribution in [3.8, 4) is 0 Å². The van der Waals surface area contributed by atoms with Gasteiger partial charge in [-0.25, -0.2) is 0 Å². The molecule has 0 aliphatic rings. The van der Waals surface area contributed by atoms with E-state index < -0.39 is 0 Å². The van der Waals surface area contributed by atoms with Crippen molar-refractivity contribution in [2.45, 2.75) is 19.3 Å². The summed E-state index contributed by atoms with van der Waals surface area (Å²) in [4.78, 5) is 25.5. The highest BCUT2D eigenvalue weighted by Gasteiger charge is 2.08. The zero-order valence-corrected chi connectivity index (χ0v) is 13.6. The molecule has 5 heteroatoms. The number of benzene rings is 1. The van der Waals surface area contributed by atoms with Gasteiger partial charge in [-0.15, -0.1) is 0 Å². The van der Waals surface area contributed by atoms with E-state index in [4.69, 9.17) is 0 Å². The average molecular weight is 341 g/mol. The smallest absolute Gasteiger partial charge is 0.220 e. The second kappa shape index (κ2) is 8.87. The van der Waals surface area contributed by atoms with Crippen LogP contribution in [0.25, 0.3) is 0 Å². The Balaban J connectivity index is 2.23. The number of carbonyl (C=O) groups is 2. The third kappa shape index (κ3) is 6.82. The monoisotopic (exact) mass is 340 g/mol. The summed E-state index contributed by atoms with van der Waals surface area (Å²) < 4.78 is 0.938. The number of hydrogen-bond donors (Lipinski definition) is 1. The van der Waals surface area contributed by atoms with Crippen LogP contribution in [0.5, 0.6) is 0 Å². The third-order valence-corrected chi connectivity index (χ3v) is 3.38. The molecule has 0 radical (unpaired) electrons. The summed E-state index contributed by atoms with van der Waals surface area (Å²) >= 11 is 3.32. The van der Waals surface area contributed by atoms with Crippen LogP contribution in [0.2, 0.25) is 0 Å². The Labute approximate surface area is 128 Å². The molecule has 0 saturated heterocycles. The van der Waals surface area contributed by atoms with Crippen molar-refractivity contribution >= 4 is 27.6 Å². The van der Waals surface area contributed by atoms with Gasteiger partial charge in [-0.1, -0.05) is 28.1 Å². The van der Waals surface area contributed by atoms with E-state index in [0.717, 1.165) is 17.4 Å². The number of halogens is 1. The van der Waals surface area contributed by atoms with Gasteiger partial charge in [-0.2, -0.15) is 0 Å². The Hall–Kier alpha value is -1.20. The number of nitrogens with zero attached hydrogens (tertiary/aromatic N) is 1. The van der Waals surface area contributed by atoms with Gasteiger partial charge in [0.25, 0.3) is 0 Å². The van der Waals surface area contributed by atoms with E-state index in [-0.39, 0.29) is 24.5 Å². The normalized spacial score (nSPS) is 10.6. The zero-order valence-electron chi connectivity index (χ0n) is 12.0. The topological polar surface area (TPSA) is 49.4 Å². The maximum atomic E-state index is 11.9. The van der Waals surface area contributed by atoms with E-state index in [1.165, 1.54) is 0 Å². The van der Waals surface area contributed by atoms with Gasteiger partial charge < -0.3 is 10.2 Å². The lowest BCUT2D eigenvalue weighted by Crippen LogP contribution is -2.27. The Morgan fingerprint density at radius 3 is 2.40 bits per heavy atom. The molecule has 0 aliphatic heterocycles. The third-order valence-electron chi connectivity index (χ3n) is 2.85.